The number of alkyl halides is 3. The van der Waals surface area contributed by atoms with Crippen LogP contribution >= 0.6 is 34.8 Å². The third-order valence-electron chi connectivity index (χ3n) is 1.56. The minimum Gasteiger partial charge on any atom is -0.388 e. The fraction of sp³-hybridized carbons (Fsp3) is 0.375. The first kappa shape index (κ1) is 11.1. The van der Waals surface area contributed by atoms with Crippen LogP contribution in [0.1, 0.15) is 5.56 Å². The molecule has 1 atom stereocenters. The summed E-state index contributed by atoms with van der Waals surface area (Å²) in [6.07, 6.45) is 2.56. The molecule has 72 valence electrons. The summed E-state index contributed by atoms with van der Waals surface area (Å²) in [6, 6.07) is 3.53. The Morgan fingerprint density at radius 3 is 2.31 bits per heavy atom. The van der Waals surface area contributed by atoms with Gasteiger partial charge >= 0.3 is 0 Å². The van der Waals surface area contributed by atoms with E-state index in [0.29, 0.717) is 6.42 Å². The summed E-state index contributed by atoms with van der Waals surface area (Å²) in [5.41, 5.74) is 0.883. The number of aliphatic hydroxyl groups excluding tert-OH is 1. The van der Waals surface area contributed by atoms with E-state index < -0.39 is 9.90 Å². The van der Waals surface area contributed by atoms with Gasteiger partial charge in [0.05, 0.1) is 0 Å². The Hall–Kier alpha value is -0.0200. The fourth-order valence-corrected chi connectivity index (χ4v) is 1.09. The lowest BCUT2D eigenvalue weighted by atomic mass is 10.1. The zero-order chi connectivity index (χ0) is 9.90. The van der Waals surface area contributed by atoms with Crippen molar-refractivity contribution in [2.24, 2.45) is 0 Å². The molecule has 2 nitrogen and oxygen atoms in total. The molecular formula is C8H8Cl3NO. The SMILES string of the molecule is O[C@@H](Cc1ccncc1)C(Cl)(Cl)Cl. The number of nitrogens with zero attached hydrogens (tertiary/aromatic N) is 1. The molecule has 1 N–H and O–H groups in total. The van der Waals surface area contributed by atoms with Gasteiger partial charge in [0.1, 0.15) is 6.10 Å². The van der Waals surface area contributed by atoms with Crippen LogP contribution in [0.2, 0.25) is 0 Å². The molecule has 0 aliphatic rings. The monoisotopic (exact) mass is 239 g/mol. The molecule has 1 heterocycles. The van der Waals surface area contributed by atoms with E-state index >= 15 is 0 Å². The third-order valence-corrected chi connectivity index (χ3v) is 2.31. The van der Waals surface area contributed by atoms with E-state index in [-0.39, 0.29) is 0 Å². The van der Waals surface area contributed by atoms with Gasteiger partial charge in [0, 0.05) is 18.8 Å². The molecule has 5 heteroatoms. The van der Waals surface area contributed by atoms with E-state index in [1.54, 1.807) is 24.5 Å². The number of halogens is 3. The van der Waals surface area contributed by atoms with Crippen LogP contribution in [0.4, 0.5) is 0 Å². The first-order chi connectivity index (χ1) is 6.00. The number of aromatic nitrogens is 1. The molecular weight excluding hydrogens is 232 g/mol. The molecule has 1 rings (SSSR count). The Morgan fingerprint density at radius 2 is 1.85 bits per heavy atom. The van der Waals surface area contributed by atoms with Gasteiger partial charge in [-0.3, -0.25) is 4.98 Å². The van der Waals surface area contributed by atoms with Gasteiger partial charge in [0.25, 0.3) is 0 Å². The summed E-state index contributed by atoms with van der Waals surface area (Å²) in [5.74, 6) is 0. The highest BCUT2D eigenvalue weighted by atomic mass is 35.6. The van der Waals surface area contributed by atoms with Gasteiger partial charge in [-0.1, -0.05) is 34.8 Å². The van der Waals surface area contributed by atoms with Crippen molar-refractivity contribution < 1.29 is 5.11 Å². The topological polar surface area (TPSA) is 33.1 Å². The molecule has 0 fully saturated rings. The number of hydrogen-bond acceptors (Lipinski definition) is 2. The maximum absolute atomic E-state index is 9.42. The Morgan fingerprint density at radius 1 is 1.31 bits per heavy atom. The summed E-state index contributed by atoms with van der Waals surface area (Å²) in [5, 5.41) is 9.42. The van der Waals surface area contributed by atoms with Gasteiger partial charge in [0.15, 0.2) is 0 Å². The predicted molar refractivity (Wildman–Crippen MR) is 54.2 cm³/mol. The van der Waals surface area contributed by atoms with Crippen molar-refractivity contribution in [1.82, 2.24) is 4.98 Å². The Kier molecular flexibility index (Phi) is 3.80. The van der Waals surface area contributed by atoms with Crippen LogP contribution in [0.15, 0.2) is 24.5 Å². The average Bonchev–Trinajstić information content (AvgIpc) is 2.04. The van der Waals surface area contributed by atoms with Crippen LogP contribution in [0.3, 0.4) is 0 Å². The molecule has 1 aromatic rings. The van der Waals surface area contributed by atoms with E-state index in [2.05, 4.69) is 4.98 Å². The highest BCUT2D eigenvalue weighted by Gasteiger charge is 2.30. The molecule has 0 aromatic carbocycles. The van der Waals surface area contributed by atoms with Crippen molar-refractivity contribution in [3.63, 3.8) is 0 Å². The van der Waals surface area contributed by atoms with Crippen LogP contribution < -0.4 is 0 Å². The van der Waals surface area contributed by atoms with Crippen LogP contribution in [0.25, 0.3) is 0 Å². The summed E-state index contributed by atoms with van der Waals surface area (Å²) in [6.45, 7) is 0. The van der Waals surface area contributed by atoms with Gasteiger partial charge in [-0.05, 0) is 17.7 Å². The van der Waals surface area contributed by atoms with Gasteiger partial charge in [-0.25, -0.2) is 0 Å². The molecule has 0 spiro atoms. The zero-order valence-electron chi connectivity index (χ0n) is 6.62. The third kappa shape index (κ3) is 3.69. The largest absolute Gasteiger partial charge is 0.388 e. The van der Waals surface area contributed by atoms with E-state index in [1.807, 2.05) is 0 Å². The fourth-order valence-electron chi connectivity index (χ4n) is 0.858. The number of hydrogen-bond donors (Lipinski definition) is 1. The quantitative estimate of drug-likeness (QED) is 0.805. The highest BCUT2D eigenvalue weighted by Crippen LogP contribution is 2.31. The minimum atomic E-state index is -1.64. The summed E-state index contributed by atoms with van der Waals surface area (Å²) < 4.78 is -1.64. The number of rotatable bonds is 2. The number of aliphatic hydroxyl groups is 1. The summed E-state index contributed by atoms with van der Waals surface area (Å²) in [4.78, 5) is 3.83. The van der Waals surface area contributed by atoms with Gasteiger partial charge < -0.3 is 5.11 Å². The highest BCUT2D eigenvalue weighted by molar-refractivity contribution is 6.68. The molecule has 0 saturated heterocycles. The van der Waals surface area contributed by atoms with Crippen LogP contribution in [-0.4, -0.2) is 20.0 Å². The summed E-state index contributed by atoms with van der Waals surface area (Å²) >= 11 is 16.5. The first-order valence-corrected chi connectivity index (χ1v) is 4.77. The lowest BCUT2D eigenvalue weighted by Gasteiger charge is -2.18. The molecule has 0 unspecified atom stereocenters. The van der Waals surface area contributed by atoms with Crippen molar-refractivity contribution in [2.75, 3.05) is 0 Å². The molecule has 0 aliphatic carbocycles. The normalized spacial score (nSPS) is 14.2. The van der Waals surface area contributed by atoms with E-state index in [9.17, 15) is 5.11 Å². The maximum Gasteiger partial charge on any atom is 0.216 e. The standard InChI is InChI=1S/C8H8Cl3NO/c9-8(10,11)7(13)5-6-1-3-12-4-2-6/h1-4,7,13H,5H2/t7-/m0/s1. The van der Waals surface area contributed by atoms with Crippen molar-refractivity contribution in [1.29, 1.82) is 0 Å². The molecule has 0 saturated carbocycles. The van der Waals surface area contributed by atoms with Gasteiger partial charge in [-0.15, -0.1) is 0 Å². The lowest BCUT2D eigenvalue weighted by molar-refractivity contribution is 0.179. The first-order valence-electron chi connectivity index (χ1n) is 3.64. The second kappa shape index (κ2) is 4.47. The van der Waals surface area contributed by atoms with E-state index in [4.69, 9.17) is 34.8 Å². The molecule has 0 aliphatic heterocycles. The molecule has 0 amide bonds. The van der Waals surface area contributed by atoms with Crippen LogP contribution in [0, 0.1) is 0 Å². The van der Waals surface area contributed by atoms with Gasteiger partial charge in [0.2, 0.25) is 3.79 Å². The van der Waals surface area contributed by atoms with Crippen molar-refractivity contribution in [2.45, 2.75) is 16.3 Å². The van der Waals surface area contributed by atoms with Crippen molar-refractivity contribution >= 4 is 34.8 Å². The Balaban J connectivity index is 2.61. The molecule has 13 heavy (non-hydrogen) atoms. The van der Waals surface area contributed by atoms with Crippen molar-refractivity contribution in [3.8, 4) is 0 Å². The second-order valence-corrected chi connectivity index (χ2v) is 4.99. The molecule has 0 bridgehead atoms. The van der Waals surface area contributed by atoms with E-state index in [0.717, 1.165) is 5.56 Å². The second-order valence-electron chi connectivity index (χ2n) is 2.62. The van der Waals surface area contributed by atoms with Crippen molar-refractivity contribution in [3.05, 3.63) is 30.1 Å². The molecule has 0 radical (unpaired) electrons. The zero-order valence-corrected chi connectivity index (χ0v) is 8.89. The van der Waals surface area contributed by atoms with Crippen LogP contribution in [0.5, 0.6) is 0 Å². The molecule has 1 aromatic heterocycles. The average molecular weight is 241 g/mol. The predicted octanol–water partition coefficient (Wildman–Crippen LogP) is 2.36. The van der Waals surface area contributed by atoms with E-state index in [1.165, 1.54) is 0 Å². The smallest absolute Gasteiger partial charge is 0.216 e. The maximum atomic E-state index is 9.42. The van der Waals surface area contributed by atoms with Crippen LogP contribution in [-0.2, 0) is 6.42 Å². The Bertz CT molecular complexity index is 260. The lowest BCUT2D eigenvalue weighted by Crippen LogP contribution is -2.27. The van der Waals surface area contributed by atoms with Gasteiger partial charge in [-0.2, -0.15) is 0 Å². The number of pyridine rings is 1. The summed E-state index contributed by atoms with van der Waals surface area (Å²) in [7, 11) is 0. The minimum absolute atomic E-state index is 0.305. The Labute approximate surface area is 91.4 Å².